The van der Waals surface area contributed by atoms with Crippen LogP contribution in [0.3, 0.4) is 0 Å². The lowest BCUT2D eigenvalue weighted by molar-refractivity contribution is 0.424. The van der Waals surface area contributed by atoms with Gasteiger partial charge >= 0.3 is 0 Å². The summed E-state index contributed by atoms with van der Waals surface area (Å²) in [6, 6.07) is 15.7. The molecule has 0 radical (unpaired) electrons. The van der Waals surface area contributed by atoms with Gasteiger partial charge in [-0.2, -0.15) is 0 Å². The van der Waals surface area contributed by atoms with Crippen molar-refractivity contribution < 1.29 is 4.39 Å². The van der Waals surface area contributed by atoms with Crippen LogP contribution in [0.1, 0.15) is 49.9 Å². The van der Waals surface area contributed by atoms with Gasteiger partial charge in [0.25, 0.3) is 0 Å². The lowest BCUT2D eigenvalue weighted by atomic mass is 9.99. The standard InChI is InChI=1S/C18H21BrFN/c1-3-17(13-8-10-15(19)11-9-13)21-18(4-2)14-6-5-7-16(20)12-14/h5-12,17-18,21H,3-4H2,1-2H3. The van der Waals surface area contributed by atoms with Crippen LogP contribution in [0.5, 0.6) is 0 Å². The first-order valence-electron chi connectivity index (χ1n) is 7.41. The molecule has 0 bridgehead atoms. The van der Waals surface area contributed by atoms with Crippen LogP contribution < -0.4 is 5.32 Å². The van der Waals surface area contributed by atoms with Gasteiger partial charge in [0.1, 0.15) is 5.82 Å². The van der Waals surface area contributed by atoms with Crippen LogP contribution in [-0.2, 0) is 0 Å². The molecule has 2 aromatic rings. The number of hydrogen-bond donors (Lipinski definition) is 1. The molecule has 2 aromatic carbocycles. The van der Waals surface area contributed by atoms with Crippen LogP contribution in [0.2, 0.25) is 0 Å². The minimum Gasteiger partial charge on any atom is -0.303 e. The number of nitrogens with one attached hydrogen (secondary N) is 1. The highest BCUT2D eigenvalue weighted by atomic mass is 79.9. The Morgan fingerprint density at radius 2 is 1.57 bits per heavy atom. The summed E-state index contributed by atoms with van der Waals surface area (Å²) in [7, 11) is 0. The average molecular weight is 350 g/mol. The minimum absolute atomic E-state index is 0.161. The summed E-state index contributed by atoms with van der Waals surface area (Å²) in [5.41, 5.74) is 2.27. The average Bonchev–Trinajstić information content (AvgIpc) is 2.50. The Labute approximate surface area is 134 Å². The number of halogens is 2. The summed E-state index contributed by atoms with van der Waals surface area (Å²) in [6.07, 6.45) is 1.92. The first kappa shape index (κ1) is 16.2. The predicted molar refractivity (Wildman–Crippen MR) is 89.7 cm³/mol. The van der Waals surface area contributed by atoms with E-state index in [4.69, 9.17) is 0 Å². The highest BCUT2D eigenvalue weighted by Gasteiger charge is 2.16. The summed E-state index contributed by atoms with van der Waals surface area (Å²) < 4.78 is 14.5. The van der Waals surface area contributed by atoms with Crippen LogP contribution in [0, 0.1) is 5.82 Å². The molecule has 0 aliphatic carbocycles. The molecule has 0 fully saturated rings. The summed E-state index contributed by atoms with van der Waals surface area (Å²) in [4.78, 5) is 0. The van der Waals surface area contributed by atoms with E-state index in [1.165, 1.54) is 11.6 Å². The molecule has 0 aliphatic rings. The molecule has 0 aromatic heterocycles. The molecule has 3 heteroatoms. The Hall–Kier alpha value is -1.19. The summed E-state index contributed by atoms with van der Waals surface area (Å²) in [5.74, 6) is -0.176. The van der Waals surface area contributed by atoms with E-state index in [1.54, 1.807) is 12.1 Å². The number of hydrogen-bond acceptors (Lipinski definition) is 1. The van der Waals surface area contributed by atoms with Crippen molar-refractivity contribution in [3.05, 3.63) is 69.9 Å². The molecule has 2 atom stereocenters. The van der Waals surface area contributed by atoms with Crippen molar-refractivity contribution in [3.8, 4) is 0 Å². The summed E-state index contributed by atoms with van der Waals surface area (Å²) in [6.45, 7) is 4.29. The van der Waals surface area contributed by atoms with E-state index in [9.17, 15) is 4.39 Å². The van der Waals surface area contributed by atoms with Crippen molar-refractivity contribution in [2.45, 2.75) is 38.8 Å². The highest BCUT2D eigenvalue weighted by Crippen LogP contribution is 2.25. The predicted octanol–water partition coefficient (Wildman–Crippen LogP) is 5.78. The molecule has 0 saturated heterocycles. The lowest BCUT2D eigenvalue weighted by Gasteiger charge is -2.25. The molecule has 2 unspecified atom stereocenters. The molecule has 21 heavy (non-hydrogen) atoms. The zero-order valence-electron chi connectivity index (χ0n) is 12.4. The van der Waals surface area contributed by atoms with E-state index in [2.05, 4.69) is 59.4 Å². The maximum atomic E-state index is 13.4. The van der Waals surface area contributed by atoms with Gasteiger partial charge in [-0.25, -0.2) is 4.39 Å². The molecular weight excluding hydrogens is 329 g/mol. The van der Waals surface area contributed by atoms with Gasteiger partial charge in [0.15, 0.2) is 0 Å². The molecule has 0 heterocycles. The number of benzene rings is 2. The molecular formula is C18H21BrFN. The minimum atomic E-state index is -0.176. The van der Waals surface area contributed by atoms with Crippen molar-refractivity contribution >= 4 is 15.9 Å². The zero-order valence-corrected chi connectivity index (χ0v) is 14.0. The van der Waals surface area contributed by atoms with Gasteiger partial charge in [-0.1, -0.05) is 54.0 Å². The van der Waals surface area contributed by atoms with Gasteiger partial charge in [-0.05, 0) is 48.2 Å². The van der Waals surface area contributed by atoms with Gasteiger partial charge < -0.3 is 5.32 Å². The molecule has 0 saturated carbocycles. The third-order valence-corrected chi connectivity index (χ3v) is 4.27. The van der Waals surface area contributed by atoms with Crippen LogP contribution in [0.4, 0.5) is 4.39 Å². The van der Waals surface area contributed by atoms with E-state index >= 15 is 0 Å². The van der Waals surface area contributed by atoms with Crippen LogP contribution in [0.25, 0.3) is 0 Å². The van der Waals surface area contributed by atoms with Gasteiger partial charge in [-0.15, -0.1) is 0 Å². The van der Waals surface area contributed by atoms with Crippen molar-refractivity contribution in [2.75, 3.05) is 0 Å². The topological polar surface area (TPSA) is 12.0 Å². The first-order valence-corrected chi connectivity index (χ1v) is 8.20. The lowest BCUT2D eigenvalue weighted by Crippen LogP contribution is -2.25. The highest BCUT2D eigenvalue weighted by molar-refractivity contribution is 9.10. The number of rotatable bonds is 6. The van der Waals surface area contributed by atoms with Crippen LogP contribution >= 0.6 is 15.9 Å². The van der Waals surface area contributed by atoms with E-state index in [0.717, 1.165) is 22.9 Å². The molecule has 0 amide bonds. The van der Waals surface area contributed by atoms with E-state index in [1.807, 2.05) is 6.07 Å². The van der Waals surface area contributed by atoms with Crippen molar-refractivity contribution in [1.29, 1.82) is 0 Å². The largest absolute Gasteiger partial charge is 0.303 e. The molecule has 0 spiro atoms. The molecule has 1 nitrogen and oxygen atoms in total. The SMILES string of the molecule is CCC(NC(CC)c1cccc(F)c1)c1ccc(Br)cc1. The Kier molecular flexibility index (Phi) is 5.95. The second-order valence-corrected chi connectivity index (χ2v) is 6.11. The second kappa shape index (κ2) is 7.71. The van der Waals surface area contributed by atoms with Gasteiger partial charge in [0.05, 0.1) is 0 Å². The Morgan fingerprint density at radius 3 is 2.14 bits per heavy atom. The summed E-state index contributed by atoms with van der Waals surface area (Å²) in [5, 5.41) is 3.65. The Morgan fingerprint density at radius 1 is 0.952 bits per heavy atom. The van der Waals surface area contributed by atoms with E-state index in [-0.39, 0.29) is 17.9 Å². The van der Waals surface area contributed by atoms with Gasteiger partial charge in [0.2, 0.25) is 0 Å². The fourth-order valence-electron chi connectivity index (χ4n) is 2.56. The normalized spacial score (nSPS) is 13.9. The van der Waals surface area contributed by atoms with Crippen molar-refractivity contribution in [1.82, 2.24) is 5.32 Å². The van der Waals surface area contributed by atoms with Gasteiger partial charge in [-0.3, -0.25) is 0 Å². The molecule has 1 N–H and O–H groups in total. The second-order valence-electron chi connectivity index (χ2n) is 5.19. The van der Waals surface area contributed by atoms with E-state index in [0.29, 0.717) is 0 Å². The van der Waals surface area contributed by atoms with Crippen molar-refractivity contribution in [3.63, 3.8) is 0 Å². The summed E-state index contributed by atoms with van der Waals surface area (Å²) >= 11 is 3.46. The smallest absolute Gasteiger partial charge is 0.123 e. The van der Waals surface area contributed by atoms with Crippen LogP contribution in [0.15, 0.2) is 53.0 Å². The fraction of sp³-hybridized carbons (Fsp3) is 0.333. The Bertz CT molecular complexity index is 568. The molecule has 112 valence electrons. The van der Waals surface area contributed by atoms with Crippen molar-refractivity contribution in [2.24, 2.45) is 0 Å². The Balaban J connectivity index is 2.17. The fourth-order valence-corrected chi connectivity index (χ4v) is 2.83. The van der Waals surface area contributed by atoms with Crippen LogP contribution in [-0.4, -0.2) is 0 Å². The quantitative estimate of drug-likeness (QED) is 0.696. The third-order valence-electron chi connectivity index (χ3n) is 3.74. The zero-order chi connectivity index (χ0) is 15.2. The van der Waals surface area contributed by atoms with E-state index < -0.39 is 0 Å². The third kappa shape index (κ3) is 4.39. The first-order chi connectivity index (χ1) is 10.1. The molecule has 0 aliphatic heterocycles. The van der Waals surface area contributed by atoms with Gasteiger partial charge in [0, 0.05) is 16.6 Å². The maximum Gasteiger partial charge on any atom is 0.123 e. The molecule has 2 rings (SSSR count). The monoisotopic (exact) mass is 349 g/mol. The maximum absolute atomic E-state index is 13.4.